The third kappa shape index (κ3) is 5.79. The summed E-state index contributed by atoms with van der Waals surface area (Å²) in [5.41, 5.74) is 1.89. The van der Waals surface area contributed by atoms with Gasteiger partial charge in [-0.1, -0.05) is 6.07 Å². The molecule has 1 amide bonds. The minimum atomic E-state index is -5.13. The number of anilines is 2. The highest BCUT2D eigenvalue weighted by Gasteiger charge is 2.50. The van der Waals surface area contributed by atoms with Gasteiger partial charge in [0.1, 0.15) is 47.1 Å². The second kappa shape index (κ2) is 13.4. The van der Waals surface area contributed by atoms with E-state index < -0.39 is 64.4 Å². The van der Waals surface area contributed by atoms with Crippen LogP contribution >= 0.6 is 11.3 Å². The minimum absolute atomic E-state index is 0.0264. The quantitative estimate of drug-likeness (QED) is 0.192. The van der Waals surface area contributed by atoms with Crippen LogP contribution in [-0.4, -0.2) is 95.0 Å². The maximum atomic E-state index is 17.3. The van der Waals surface area contributed by atoms with Crippen LogP contribution in [0.2, 0.25) is 0 Å². The lowest BCUT2D eigenvalue weighted by Crippen LogP contribution is -2.51. The molecule has 0 spiro atoms. The number of nitrogen functional groups attached to an aromatic ring is 1. The van der Waals surface area contributed by atoms with Crippen molar-refractivity contribution in [3.8, 4) is 23.2 Å². The minimum Gasteiger partial charge on any atom is -0.461 e. The molecule has 2 aromatic heterocycles. The molecule has 8 rings (SSSR count). The predicted molar refractivity (Wildman–Crippen MR) is 190 cm³/mol. The van der Waals surface area contributed by atoms with E-state index in [-0.39, 0.29) is 75.5 Å². The summed E-state index contributed by atoms with van der Waals surface area (Å²) < 4.78 is 104. The van der Waals surface area contributed by atoms with Crippen molar-refractivity contribution in [2.24, 2.45) is 0 Å². The van der Waals surface area contributed by atoms with Crippen LogP contribution in [-0.2, 0) is 15.7 Å². The van der Waals surface area contributed by atoms with Crippen LogP contribution < -0.4 is 15.4 Å². The summed E-state index contributed by atoms with van der Waals surface area (Å²) >= 11 is 0.680. The number of likely N-dealkylation sites (N-methyl/N-ethyl adjacent to an activating group) is 1. The SMILES string of the molecule is CCN(c1nc(OCC23CCCN2CC(F)C3)nc2c(F)c(-c3ccc(F)c4sc(N)c(C#N)c34)c(C(F)(F)F)cc12)C1CCN(C(=O)C2CCO2)C1C. The zero-order chi connectivity index (χ0) is 38.3. The van der Waals surface area contributed by atoms with Crippen molar-refractivity contribution in [3.63, 3.8) is 0 Å². The standard InChI is InChI=1S/C37H37F6N7O3S/c1-3-49(25-7-11-50(18(25)2)34(51)26-8-12-52-26)33-21-13-23(37(41,42)43)28(20-5-6-24(39)31-27(20)22(15-44)32(45)54-31)29(40)30(21)46-35(47-33)53-17-36-9-4-10-48(36)16-19(38)14-36/h5-6,13,18-19,25-26H,3-4,7-12,14,16-17,45H2,1-2H3. The topological polar surface area (TPSA) is 121 Å². The molecule has 4 aromatic rings. The van der Waals surface area contributed by atoms with Crippen molar-refractivity contribution < 1.29 is 40.6 Å². The van der Waals surface area contributed by atoms with Crippen LogP contribution in [0.4, 0.5) is 37.2 Å². The molecule has 4 saturated heterocycles. The van der Waals surface area contributed by atoms with Crippen molar-refractivity contribution in [3.05, 3.63) is 41.0 Å². The monoisotopic (exact) mass is 773 g/mol. The fourth-order valence-electron chi connectivity index (χ4n) is 8.93. The number of benzene rings is 2. The van der Waals surface area contributed by atoms with E-state index in [2.05, 4.69) is 9.97 Å². The molecule has 6 heterocycles. The Bertz CT molecular complexity index is 2210. The number of nitrogens with two attached hydrogens (primary N) is 1. The molecule has 0 bridgehead atoms. The van der Waals surface area contributed by atoms with E-state index in [1.54, 1.807) is 16.7 Å². The van der Waals surface area contributed by atoms with E-state index in [9.17, 15) is 14.4 Å². The van der Waals surface area contributed by atoms with Crippen LogP contribution in [0.1, 0.15) is 57.1 Å². The van der Waals surface area contributed by atoms with Crippen LogP contribution in [0.3, 0.4) is 0 Å². The number of ether oxygens (including phenoxy) is 2. The van der Waals surface area contributed by atoms with Crippen LogP contribution in [0, 0.1) is 23.0 Å². The number of nitriles is 1. The van der Waals surface area contributed by atoms with Crippen molar-refractivity contribution in [1.82, 2.24) is 19.8 Å². The van der Waals surface area contributed by atoms with Gasteiger partial charge in [0.25, 0.3) is 5.91 Å². The number of nitrogens with zero attached hydrogens (tertiary/aromatic N) is 6. The molecule has 17 heteroatoms. The van der Waals surface area contributed by atoms with Gasteiger partial charge < -0.3 is 25.0 Å². The number of carbonyl (C=O) groups excluding carboxylic acids is 1. The molecule has 0 saturated carbocycles. The number of amides is 1. The number of hydrogen-bond donors (Lipinski definition) is 1. The second-order valence-corrected chi connectivity index (χ2v) is 15.6. The molecular weight excluding hydrogens is 737 g/mol. The number of likely N-dealkylation sites (tertiary alicyclic amines) is 1. The molecule has 2 aromatic carbocycles. The second-order valence-electron chi connectivity index (χ2n) is 14.5. The van der Waals surface area contributed by atoms with Crippen LogP contribution in [0.25, 0.3) is 32.1 Å². The number of thiophene rings is 1. The normalized spacial score (nSPS) is 25.6. The summed E-state index contributed by atoms with van der Waals surface area (Å²) in [6.45, 7) is 5.60. The summed E-state index contributed by atoms with van der Waals surface area (Å²) in [4.78, 5) is 27.7. The van der Waals surface area contributed by atoms with Crippen molar-refractivity contribution in [2.75, 3.05) is 50.0 Å². The first-order valence-electron chi connectivity index (χ1n) is 18.0. The van der Waals surface area contributed by atoms with Crippen LogP contribution in [0.15, 0.2) is 18.2 Å². The van der Waals surface area contributed by atoms with Gasteiger partial charge in [-0.25, -0.2) is 13.2 Å². The molecule has 5 atom stereocenters. The van der Waals surface area contributed by atoms with Gasteiger partial charge in [-0.2, -0.15) is 28.4 Å². The first-order valence-corrected chi connectivity index (χ1v) is 18.8. The van der Waals surface area contributed by atoms with Crippen LogP contribution in [0.5, 0.6) is 6.01 Å². The lowest BCUT2D eigenvalue weighted by molar-refractivity contribution is -0.156. The maximum absolute atomic E-state index is 17.3. The molecule has 4 aliphatic heterocycles. The largest absolute Gasteiger partial charge is 0.461 e. The van der Waals surface area contributed by atoms with Gasteiger partial charge >= 0.3 is 12.2 Å². The highest BCUT2D eigenvalue weighted by atomic mass is 32.1. The van der Waals surface area contributed by atoms with Gasteiger partial charge in [0, 0.05) is 54.9 Å². The summed E-state index contributed by atoms with van der Waals surface area (Å²) in [6.07, 6.45) is -3.99. The number of carbonyl (C=O) groups is 1. The molecule has 286 valence electrons. The molecule has 0 aliphatic carbocycles. The Labute approximate surface area is 310 Å². The number of hydrogen-bond acceptors (Lipinski definition) is 10. The number of halogens is 6. The van der Waals surface area contributed by atoms with Gasteiger partial charge in [-0.3, -0.25) is 9.69 Å². The van der Waals surface area contributed by atoms with E-state index in [1.165, 1.54) is 0 Å². The fraction of sp³-hybridized carbons (Fsp3) is 0.514. The first-order chi connectivity index (χ1) is 25.8. The third-order valence-electron chi connectivity index (χ3n) is 11.6. The summed E-state index contributed by atoms with van der Waals surface area (Å²) in [5.74, 6) is -2.41. The van der Waals surface area contributed by atoms with Crippen molar-refractivity contribution in [2.45, 2.75) is 82.0 Å². The highest BCUT2D eigenvalue weighted by Crippen LogP contribution is 2.49. The van der Waals surface area contributed by atoms with Crippen molar-refractivity contribution >= 4 is 49.1 Å². The Balaban J connectivity index is 1.32. The van der Waals surface area contributed by atoms with E-state index in [0.717, 1.165) is 24.6 Å². The van der Waals surface area contributed by atoms with E-state index in [4.69, 9.17) is 15.2 Å². The number of rotatable bonds is 8. The lowest BCUT2D eigenvalue weighted by Gasteiger charge is -2.36. The molecule has 10 nitrogen and oxygen atoms in total. The van der Waals surface area contributed by atoms with Gasteiger partial charge in [-0.15, -0.1) is 11.3 Å². The highest BCUT2D eigenvalue weighted by molar-refractivity contribution is 7.23. The summed E-state index contributed by atoms with van der Waals surface area (Å²) in [6, 6.07) is 3.37. The third-order valence-corrected chi connectivity index (χ3v) is 12.6. The zero-order valence-corrected chi connectivity index (χ0v) is 30.3. The number of aromatic nitrogens is 2. The van der Waals surface area contributed by atoms with E-state index >= 15 is 22.0 Å². The molecule has 0 radical (unpaired) electrons. The average molecular weight is 774 g/mol. The molecular formula is C37H37F6N7O3S. The number of fused-ring (bicyclic) bond motifs is 3. The van der Waals surface area contributed by atoms with Crippen molar-refractivity contribution in [1.29, 1.82) is 5.26 Å². The van der Waals surface area contributed by atoms with E-state index in [1.807, 2.05) is 17.9 Å². The number of alkyl halides is 4. The van der Waals surface area contributed by atoms with Gasteiger partial charge in [0.05, 0.1) is 34.0 Å². The zero-order valence-electron chi connectivity index (χ0n) is 29.5. The van der Waals surface area contributed by atoms with Gasteiger partial charge in [-0.05, 0) is 57.4 Å². The smallest absolute Gasteiger partial charge is 0.417 e. The summed E-state index contributed by atoms with van der Waals surface area (Å²) in [7, 11) is 0. The fourth-order valence-corrected chi connectivity index (χ4v) is 9.87. The molecule has 5 unspecified atom stereocenters. The average Bonchev–Trinajstić information content (AvgIpc) is 3.84. The Hall–Kier alpha value is -4.40. The van der Waals surface area contributed by atoms with Gasteiger partial charge in [0.15, 0.2) is 5.82 Å². The maximum Gasteiger partial charge on any atom is 0.417 e. The predicted octanol–water partition coefficient (Wildman–Crippen LogP) is 6.82. The Morgan fingerprint density at radius 1 is 1.24 bits per heavy atom. The lowest BCUT2D eigenvalue weighted by atomic mass is 9.92. The molecule has 54 heavy (non-hydrogen) atoms. The Morgan fingerprint density at radius 2 is 2.02 bits per heavy atom. The van der Waals surface area contributed by atoms with Gasteiger partial charge in [0.2, 0.25) is 0 Å². The Morgan fingerprint density at radius 3 is 2.70 bits per heavy atom. The first kappa shape index (κ1) is 36.6. The summed E-state index contributed by atoms with van der Waals surface area (Å²) in [5, 5.41) is 9.26. The van der Waals surface area contributed by atoms with E-state index in [0.29, 0.717) is 50.3 Å². The molecule has 4 fully saturated rings. The molecule has 4 aliphatic rings. The molecule has 2 N–H and O–H groups in total. The Kier molecular flexibility index (Phi) is 9.08.